The van der Waals surface area contributed by atoms with E-state index in [1.807, 2.05) is 30.3 Å². The highest BCUT2D eigenvalue weighted by molar-refractivity contribution is 8.16. The lowest BCUT2D eigenvalue weighted by Gasteiger charge is -2.22. The second kappa shape index (κ2) is 7.42. The van der Waals surface area contributed by atoms with Crippen LogP contribution in [-0.2, 0) is 11.4 Å². The summed E-state index contributed by atoms with van der Waals surface area (Å²) in [4.78, 5) is 17.8. The van der Waals surface area contributed by atoms with Crippen molar-refractivity contribution in [2.45, 2.75) is 6.61 Å². The molecule has 0 bridgehead atoms. The molecule has 2 aromatic carbocycles. The zero-order chi connectivity index (χ0) is 18.8. The lowest BCUT2D eigenvalue weighted by Crippen LogP contribution is -2.35. The van der Waals surface area contributed by atoms with E-state index in [1.165, 1.54) is 11.8 Å². The van der Waals surface area contributed by atoms with Crippen molar-refractivity contribution in [1.29, 1.82) is 5.41 Å². The Morgan fingerprint density at radius 2 is 2.04 bits per heavy atom. The standard InChI is InChI=1S/C20H14ClN3O2S/c21-16-11-14(6-7-17(16)26-12-13-4-2-1-3-5-13)10-15-18(22)24-8-9-27-20(24)23-19(15)25/h1-11,22H,12H2/b15-10-,22-18?. The van der Waals surface area contributed by atoms with E-state index in [0.29, 0.717) is 28.1 Å². The first-order valence-electron chi connectivity index (χ1n) is 8.14. The summed E-state index contributed by atoms with van der Waals surface area (Å²) in [6.45, 7) is 0.417. The van der Waals surface area contributed by atoms with Crippen LogP contribution >= 0.6 is 23.4 Å². The first-order chi connectivity index (χ1) is 13.1. The van der Waals surface area contributed by atoms with Crippen LogP contribution in [0.1, 0.15) is 11.1 Å². The van der Waals surface area contributed by atoms with Crippen LogP contribution in [0.3, 0.4) is 0 Å². The summed E-state index contributed by atoms with van der Waals surface area (Å²) >= 11 is 7.65. The number of nitrogens with zero attached hydrogens (tertiary/aromatic N) is 2. The average Bonchev–Trinajstić information content (AvgIpc) is 3.14. The fourth-order valence-electron chi connectivity index (χ4n) is 2.66. The number of carbonyl (C=O) groups is 1. The van der Waals surface area contributed by atoms with Crippen molar-refractivity contribution >= 4 is 46.3 Å². The van der Waals surface area contributed by atoms with Crippen LogP contribution in [0, 0.1) is 5.41 Å². The summed E-state index contributed by atoms with van der Waals surface area (Å²) in [5.41, 5.74) is 1.97. The molecule has 0 radical (unpaired) electrons. The largest absolute Gasteiger partial charge is 0.487 e. The summed E-state index contributed by atoms with van der Waals surface area (Å²) in [6, 6.07) is 15.1. The fourth-order valence-corrected chi connectivity index (χ4v) is 3.61. The maximum atomic E-state index is 12.2. The minimum atomic E-state index is -0.428. The zero-order valence-electron chi connectivity index (χ0n) is 14.1. The second-order valence-electron chi connectivity index (χ2n) is 5.84. The lowest BCUT2D eigenvalue weighted by molar-refractivity contribution is -0.114. The first-order valence-corrected chi connectivity index (χ1v) is 9.40. The molecule has 4 rings (SSSR count). The number of amides is 1. The molecule has 2 heterocycles. The van der Waals surface area contributed by atoms with Gasteiger partial charge in [0, 0.05) is 6.20 Å². The van der Waals surface area contributed by atoms with Crippen molar-refractivity contribution in [2.24, 2.45) is 4.99 Å². The number of hydrogen-bond acceptors (Lipinski definition) is 4. The highest BCUT2D eigenvalue weighted by Gasteiger charge is 2.30. The number of carbonyl (C=O) groups excluding carboxylic acids is 1. The quantitative estimate of drug-likeness (QED) is 0.762. The fraction of sp³-hybridized carbons (Fsp3) is 0.0500. The van der Waals surface area contributed by atoms with Crippen molar-refractivity contribution in [3.8, 4) is 5.75 Å². The third-order valence-corrected chi connectivity index (χ3v) is 5.07. The molecule has 0 atom stereocenters. The predicted molar refractivity (Wildman–Crippen MR) is 109 cm³/mol. The monoisotopic (exact) mass is 395 g/mol. The van der Waals surface area contributed by atoms with Crippen molar-refractivity contribution in [3.05, 3.63) is 81.9 Å². The number of aliphatic imine (C=N–C) groups is 1. The maximum Gasteiger partial charge on any atom is 0.283 e. The Kier molecular flexibility index (Phi) is 4.83. The van der Waals surface area contributed by atoms with Gasteiger partial charge in [0.1, 0.15) is 18.2 Å². The zero-order valence-corrected chi connectivity index (χ0v) is 15.6. The van der Waals surface area contributed by atoms with E-state index in [9.17, 15) is 4.79 Å². The molecule has 134 valence electrons. The van der Waals surface area contributed by atoms with Gasteiger partial charge in [0.05, 0.1) is 10.6 Å². The molecule has 0 fully saturated rings. The Labute approximate surface area is 165 Å². The smallest absolute Gasteiger partial charge is 0.283 e. The van der Waals surface area contributed by atoms with Gasteiger partial charge in [-0.25, -0.2) is 0 Å². The van der Waals surface area contributed by atoms with Crippen LogP contribution in [0.15, 0.2) is 70.7 Å². The van der Waals surface area contributed by atoms with Gasteiger partial charge >= 0.3 is 0 Å². The SMILES string of the molecule is N=C1/C(=C/c2ccc(OCc3ccccc3)c(Cl)c2)C(=O)N=C2SC=CN12. The average molecular weight is 396 g/mol. The summed E-state index contributed by atoms with van der Waals surface area (Å²) in [6.07, 6.45) is 3.34. The molecular formula is C20H14ClN3O2S. The molecule has 0 spiro atoms. The highest BCUT2D eigenvalue weighted by atomic mass is 35.5. The van der Waals surface area contributed by atoms with Crippen LogP contribution in [0.25, 0.3) is 6.08 Å². The topological polar surface area (TPSA) is 65.8 Å². The van der Waals surface area contributed by atoms with Crippen LogP contribution in [0.5, 0.6) is 5.75 Å². The molecule has 7 heteroatoms. The Hall–Kier alpha value is -2.83. The van der Waals surface area contributed by atoms with E-state index in [2.05, 4.69) is 4.99 Å². The number of thioether (sulfide) groups is 1. The number of ether oxygens (including phenoxy) is 1. The lowest BCUT2D eigenvalue weighted by atomic mass is 10.1. The van der Waals surface area contributed by atoms with Crippen LogP contribution < -0.4 is 4.74 Å². The number of fused-ring (bicyclic) bond motifs is 1. The van der Waals surface area contributed by atoms with E-state index in [-0.39, 0.29) is 11.4 Å². The number of amidine groups is 2. The van der Waals surface area contributed by atoms with E-state index < -0.39 is 5.91 Å². The van der Waals surface area contributed by atoms with Gasteiger partial charge in [-0.3, -0.25) is 15.1 Å². The van der Waals surface area contributed by atoms with Gasteiger partial charge < -0.3 is 4.74 Å². The van der Waals surface area contributed by atoms with Crippen LogP contribution in [0.4, 0.5) is 0 Å². The van der Waals surface area contributed by atoms with Crippen molar-refractivity contribution in [2.75, 3.05) is 0 Å². The predicted octanol–water partition coefficient (Wildman–Crippen LogP) is 4.70. The number of halogens is 1. The van der Waals surface area contributed by atoms with E-state index >= 15 is 0 Å². The van der Waals surface area contributed by atoms with E-state index in [0.717, 1.165) is 5.56 Å². The van der Waals surface area contributed by atoms with Gasteiger partial charge in [0.15, 0.2) is 5.17 Å². The third kappa shape index (κ3) is 3.67. The number of nitrogens with one attached hydrogen (secondary N) is 1. The molecule has 0 saturated heterocycles. The second-order valence-corrected chi connectivity index (χ2v) is 7.12. The molecule has 27 heavy (non-hydrogen) atoms. The first kappa shape index (κ1) is 17.6. The number of rotatable bonds is 4. The molecule has 0 aromatic heterocycles. The minimum absolute atomic E-state index is 0.103. The van der Waals surface area contributed by atoms with Crippen molar-refractivity contribution < 1.29 is 9.53 Å². The van der Waals surface area contributed by atoms with E-state index in [1.54, 1.807) is 40.8 Å². The molecule has 5 nitrogen and oxygen atoms in total. The molecule has 0 saturated carbocycles. The summed E-state index contributed by atoms with van der Waals surface area (Å²) in [7, 11) is 0. The third-order valence-electron chi connectivity index (χ3n) is 4.02. The summed E-state index contributed by atoms with van der Waals surface area (Å²) in [5, 5.41) is 11.0. The van der Waals surface area contributed by atoms with Gasteiger partial charge in [-0.2, -0.15) is 4.99 Å². The molecule has 2 aliphatic rings. The highest BCUT2D eigenvalue weighted by Crippen LogP contribution is 2.30. The molecular weight excluding hydrogens is 382 g/mol. The van der Waals surface area contributed by atoms with Crippen molar-refractivity contribution in [3.63, 3.8) is 0 Å². The Bertz CT molecular complexity index is 1020. The van der Waals surface area contributed by atoms with E-state index in [4.69, 9.17) is 21.7 Å². The summed E-state index contributed by atoms with van der Waals surface area (Å²) < 4.78 is 5.76. The maximum absolute atomic E-state index is 12.2. The van der Waals surface area contributed by atoms with Gasteiger partial charge in [-0.05, 0) is 34.7 Å². The van der Waals surface area contributed by atoms with Crippen molar-refractivity contribution in [1.82, 2.24) is 4.90 Å². The molecule has 1 N–H and O–H groups in total. The van der Waals surface area contributed by atoms with Gasteiger partial charge in [-0.1, -0.05) is 59.8 Å². The van der Waals surface area contributed by atoms with Gasteiger partial charge in [-0.15, -0.1) is 0 Å². The van der Waals surface area contributed by atoms with Crippen LogP contribution in [0.2, 0.25) is 5.02 Å². The molecule has 2 aliphatic heterocycles. The Morgan fingerprint density at radius 3 is 2.81 bits per heavy atom. The molecule has 0 aliphatic carbocycles. The number of benzene rings is 2. The normalized spacial score (nSPS) is 17.3. The van der Waals surface area contributed by atoms with Crippen LogP contribution in [-0.4, -0.2) is 21.8 Å². The molecule has 0 unspecified atom stereocenters. The number of hydrogen-bond donors (Lipinski definition) is 1. The van der Waals surface area contributed by atoms with Gasteiger partial charge in [0.2, 0.25) is 0 Å². The molecule has 2 aromatic rings. The molecule has 1 amide bonds. The van der Waals surface area contributed by atoms with Gasteiger partial charge in [0.25, 0.3) is 5.91 Å². The summed E-state index contributed by atoms with van der Waals surface area (Å²) in [5.74, 6) is 0.238. The Balaban J connectivity index is 1.54. The Morgan fingerprint density at radius 1 is 1.22 bits per heavy atom. The minimum Gasteiger partial charge on any atom is -0.487 e.